The lowest BCUT2D eigenvalue weighted by Crippen LogP contribution is -2.42. The second kappa shape index (κ2) is 3.12. The largest absolute Gasteiger partial charge is 0.445 e. The first-order valence-electron chi connectivity index (χ1n) is 4.87. The highest BCUT2D eigenvalue weighted by molar-refractivity contribution is 5.94. The first kappa shape index (κ1) is 9.24. The minimum absolute atomic E-state index is 0.00176. The standard InChI is InChI=1S/C10H14N2O2/c1-6(2)12-5-4-8-9(10(12)13)11-7(3)14-8/h6H,4-5H2,1-3H3. The maximum absolute atomic E-state index is 11.9. The first-order chi connectivity index (χ1) is 6.59. The quantitative estimate of drug-likeness (QED) is 0.678. The molecular formula is C10H14N2O2. The van der Waals surface area contributed by atoms with Gasteiger partial charge in [-0.05, 0) is 13.8 Å². The van der Waals surface area contributed by atoms with E-state index in [9.17, 15) is 4.79 Å². The molecule has 0 unspecified atom stereocenters. The third-order valence-electron chi connectivity index (χ3n) is 2.47. The van der Waals surface area contributed by atoms with E-state index in [0.717, 1.165) is 18.7 Å². The zero-order chi connectivity index (χ0) is 10.3. The Labute approximate surface area is 82.9 Å². The Kier molecular flexibility index (Phi) is 2.06. The van der Waals surface area contributed by atoms with E-state index in [2.05, 4.69) is 4.98 Å². The van der Waals surface area contributed by atoms with Crippen LogP contribution in [0.2, 0.25) is 0 Å². The molecule has 0 saturated carbocycles. The molecule has 76 valence electrons. The Morgan fingerprint density at radius 1 is 1.50 bits per heavy atom. The highest BCUT2D eigenvalue weighted by atomic mass is 16.4. The number of carbonyl (C=O) groups excluding carboxylic acids is 1. The molecule has 14 heavy (non-hydrogen) atoms. The number of oxazole rings is 1. The monoisotopic (exact) mass is 194 g/mol. The van der Waals surface area contributed by atoms with E-state index in [4.69, 9.17) is 4.42 Å². The number of aromatic nitrogens is 1. The summed E-state index contributed by atoms with van der Waals surface area (Å²) in [5.74, 6) is 1.32. The maximum atomic E-state index is 11.9. The number of nitrogens with zero attached hydrogens (tertiary/aromatic N) is 2. The van der Waals surface area contributed by atoms with E-state index in [1.54, 1.807) is 6.92 Å². The number of hydrogen-bond donors (Lipinski definition) is 0. The number of hydrogen-bond acceptors (Lipinski definition) is 3. The summed E-state index contributed by atoms with van der Waals surface area (Å²) in [6.07, 6.45) is 0.778. The van der Waals surface area contributed by atoms with Crippen LogP contribution in [0.25, 0.3) is 0 Å². The van der Waals surface area contributed by atoms with E-state index in [1.807, 2.05) is 18.7 Å². The minimum atomic E-state index is -0.00176. The van der Waals surface area contributed by atoms with Crippen molar-refractivity contribution in [1.82, 2.24) is 9.88 Å². The number of amides is 1. The van der Waals surface area contributed by atoms with Crippen LogP contribution in [0.5, 0.6) is 0 Å². The lowest BCUT2D eigenvalue weighted by atomic mass is 10.1. The van der Waals surface area contributed by atoms with Crippen molar-refractivity contribution < 1.29 is 9.21 Å². The van der Waals surface area contributed by atoms with Crippen LogP contribution in [0.3, 0.4) is 0 Å². The van der Waals surface area contributed by atoms with Gasteiger partial charge in [0, 0.05) is 25.9 Å². The fraction of sp³-hybridized carbons (Fsp3) is 0.600. The predicted octanol–water partition coefficient (Wildman–Crippen LogP) is 1.39. The summed E-state index contributed by atoms with van der Waals surface area (Å²) < 4.78 is 5.35. The van der Waals surface area contributed by atoms with Crippen LogP contribution in [0.15, 0.2) is 4.42 Å². The van der Waals surface area contributed by atoms with Gasteiger partial charge in [-0.15, -0.1) is 0 Å². The van der Waals surface area contributed by atoms with Gasteiger partial charge in [-0.3, -0.25) is 4.79 Å². The second-order valence-electron chi connectivity index (χ2n) is 3.85. The van der Waals surface area contributed by atoms with Crippen molar-refractivity contribution in [3.63, 3.8) is 0 Å². The Morgan fingerprint density at radius 3 is 2.86 bits per heavy atom. The maximum Gasteiger partial charge on any atom is 0.276 e. The summed E-state index contributed by atoms with van der Waals surface area (Å²) in [7, 11) is 0. The molecule has 0 radical (unpaired) electrons. The Bertz CT molecular complexity index is 368. The fourth-order valence-electron chi connectivity index (χ4n) is 1.76. The molecule has 1 aliphatic heterocycles. The minimum Gasteiger partial charge on any atom is -0.445 e. The molecule has 2 heterocycles. The molecule has 1 aromatic heterocycles. The average molecular weight is 194 g/mol. The van der Waals surface area contributed by atoms with Crippen molar-refractivity contribution in [3.05, 3.63) is 17.3 Å². The Morgan fingerprint density at radius 2 is 2.21 bits per heavy atom. The molecule has 0 saturated heterocycles. The highest BCUT2D eigenvalue weighted by Gasteiger charge is 2.30. The highest BCUT2D eigenvalue weighted by Crippen LogP contribution is 2.20. The lowest BCUT2D eigenvalue weighted by molar-refractivity contribution is 0.0675. The summed E-state index contributed by atoms with van der Waals surface area (Å²) in [5.41, 5.74) is 0.502. The third kappa shape index (κ3) is 1.31. The lowest BCUT2D eigenvalue weighted by Gasteiger charge is -2.28. The van der Waals surface area contributed by atoms with Gasteiger partial charge in [0.2, 0.25) is 0 Å². The third-order valence-corrected chi connectivity index (χ3v) is 2.47. The van der Waals surface area contributed by atoms with Crippen molar-refractivity contribution in [1.29, 1.82) is 0 Å². The molecule has 0 fully saturated rings. The van der Waals surface area contributed by atoms with Crippen LogP contribution < -0.4 is 0 Å². The number of carbonyl (C=O) groups is 1. The van der Waals surface area contributed by atoms with Crippen LogP contribution in [-0.4, -0.2) is 28.4 Å². The van der Waals surface area contributed by atoms with Crippen LogP contribution in [0.4, 0.5) is 0 Å². The Balaban J connectivity index is 2.36. The number of rotatable bonds is 1. The van der Waals surface area contributed by atoms with E-state index >= 15 is 0 Å². The van der Waals surface area contributed by atoms with Gasteiger partial charge in [-0.2, -0.15) is 0 Å². The van der Waals surface area contributed by atoms with Crippen molar-refractivity contribution in [3.8, 4) is 0 Å². The molecule has 0 N–H and O–H groups in total. The Hall–Kier alpha value is -1.32. The van der Waals surface area contributed by atoms with Gasteiger partial charge in [-0.25, -0.2) is 4.98 Å². The van der Waals surface area contributed by atoms with Crippen molar-refractivity contribution in [2.75, 3.05) is 6.54 Å². The zero-order valence-corrected chi connectivity index (χ0v) is 8.70. The number of aryl methyl sites for hydroxylation is 1. The zero-order valence-electron chi connectivity index (χ0n) is 8.70. The van der Waals surface area contributed by atoms with Gasteiger partial charge in [0.15, 0.2) is 11.6 Å². The molecule has 0 spiro atoms. The predicted molar refractivity (Wildman–Crippen MR) is 51.1 cm³/mol. The molecule has 1 amide bonds. The molecular weight excluding hydrogens is 180 g/mol. The van der Waals surface area contributed by atoms with Gasteiger partial charge < -0.3 is 9.32 Å². The molecule has 0 aromatic carbocycles. The molecule has 1 aliphatic rings. The van der Waals surface area contributed by atoms with Gasteiger partial charge in [0.05, 0.1) is 0 Å². The van der Waals surface area contributed by atoms with E-state index in [0.29, 0.717) is 11.6 Å². The van der Waals surface area contributed by atoms with E-state index in [1.165, 1.54) is 0 Å². The summed E-state index contributed by atoms with van der Waals surface area (Å²) in [5, 5.41) is 0. The van der Waals surface area contributed by atoms with E-state index < -0.39 is 0 Å². The number of fused-ring (bicyclic) bond motifs is 1. The van der Waals surface area contributed by atoms with E-state index in [-0.39, 0.29) is 11.9 Å². The summed E-state index contributed by atoms with van der Waals surface area (Å²) in [6.45, 7) is 6.52. The van der Waals surface area contributed by atoms with Crippen LogP contribution in [0.1, 0.15) is 36.0 Å². The van der Waals surface area contributed by atoms with Crippen LogP contribution in [0, 0.1) is 6.92 Å². The molecule has 4 nitrogen and oxygen atoms in total. The second-order valence-corrected chi connectivity index (χ2v) is 3.85. The average Bonchev–Trinajstić information content (AvgIpc) is 2.46. The normalized spacial score (nSPS) is 16.3. The SMILES string of the molecule is Cc1nc2c(o1)CCN(C(C)C)C2=O. The molecule has 0 aliphatic carbocycles. The van der Waals surface area contributed by atoms with Crippen molar-refractivity contribution in [2.45, 2.75) is 33.2 Å². The van der Waals surface area contributed by atoms with Gasteiger partial charge in [0.25, 0.3) is 5.91 Å². The summed E-state index contributed by atoms with van der Waals surface area (Å²) in [6, 6.07) is 0.229. The van der Waals surface area contributed by atoms with Gasteiger partial charge in [0.1, 0.15) is 5.76 Å². The molecule has 0 bridgehead atoms. The smallest absolute Gasteiger partial charge is 0.276 e. The van der Waals surface area contributed by atoms with Gasteiger partial charge in [-0.1, -0.05) is 0 Å². The summed E-state index contributed by atoms with van der Waals surface area (Å²) in [4.78, 5) is 17.8. The fourth-order valence-corrected chi connectivity index (χ4v) is 1.76. The summed E-state index contributed by atoms with van der Waals surface area (Å²) >= 11 is 0. The topological polar surface area (TPSA) is 46.3 Å². The first-order valence-corrected chi connectivity index (χ1v) is 4.87. The van der Waals surface area contributed by atoms with Crippen molar-refractivity contribution >= 4 is 5.91 Å². The molecule has 4 heteroatoms. The van der Waals surface area contributed by atoms with Crippen LogP contribution in [-0.2, 0) is 6.42 Å². The van der Waals surface area contributed by atoms with Crippen molar-refractivity contribution in [2.24, 2.45) is 0 Å². The van der Waals surface area contributed by atoms with Gasteiger partial charge >= 0.3 is 0 Å². The molecule has 2 rings (SSSR count). The molecule has 1 aromatic rings. The van der Waals surface area contributed by atoms with Crippen LogP contribution >= 0.6 is 0 Å². The molecule has 0 atom stereocenters.